The first-order valence-corrected chi connectivity index (χ1v) is 11.5. The van der Waals surface area contributed by atoms with E-state index in [4.69, 9.17) is 5.73 Å². The number of carbonyl (C=O) groups is 2. The molecule has 4 N–H and O–H groups in total. The van der Waals surface area contributed by atoms with E-state index in [1.54, 1.807) is 43.3 Å². The molecule has 1 heterocycles. The maximum Gasteiger partial charge on any atom is 0.248 e. The zero-order valence-electron chi connectivity index (χ0n) is 19.8. The second kappa shape index (κ2) is 10.5. The summed E-state index contributed by atoms with van der Waals surface area (Å²) >= 11 is 0. The fourth-order valence-corrected chi connectivity index (χ4v) is 4.32. The van der Waals surface area contributed by atoms with Crippen molar-refractivity contribution in [3.05, 3.63) is 95.3 Å². The zero-order chi connectivity index (χ0) is 24.9. The minimum Gasteiger partial charge on any atom is -0.397 e. The summed E-state index contributed by atoms with van der Waals surface area (Å²) < 4.78 is 13.9. The topological polar surface area (TPSA) is 87.5 Å². The molecule has 1 fully saturated rings. The molecule has 1 aliphatic heterocycles. The number of likely N-dealkylation sites (tertiary alicyclic amines) is 1. The summed E-state index contributed by atoms with van der Waals surface area (Å²) in [6, 6.07) is 19.6. The van der Waals surface area contributed by atoms with Crippen molar-refractivity contribution in [2.45, 2.75) is 12.8 Å². The van der Waals surface area contributed by atoms with Crippen LogP contribution in [0, 0.1) is 18.7 Å². The van der Waals surface area contributed by atoms with Crippen LogP contribution in [0.25, 0.3) is 6.08 Å². The van der Waals surface area contributed by atoms with Crippen LogP contribution in [0.4, 0.5) is 21.5 Å². The third kappa shape index (κ3) is 5.94. The van der Waals surface area contributed by atoms with E-state index >= 15 is 0 Å². The highest BCUT2D eigenvalue weighted by Gasteiger charge is 2.37. The molecule has 6 nitrogen and oxygen atoms in total. The molecular weight excluding hydrogens is 443 g/mol. The molecule has 0 aliphatic carbocycles. The Kier molecular flexibility index (Phi) is 7.27. The van der Waals surface area contributed by atoms with Gasteiger partial charge >= 0.3 is 0 Å². The van der Waals surface area contributed by atoms with Crippen LogP contribution in [0.15, 0.2) is 72.8 Å². The number of halogens is 1. The summed E-state index contributed by atoms with van der Waals surface area (Å²) in [5.74, 6) is -0.977. The van der Waals surface area contributed by atoms with Crippen molar-refractivity contribution in [1.29, 1.82) is 0 Å². The van der Waals surface area contributed by atoms with Crippen LogP contribution in [0.2, 0.25) is 0 Å². The van der Waals surface area contributed by atoms with E-state index in [-0.39, 0.29) is 29.5 Å². The van der Waals surface area contributed by atoms with Gasteiger partial charge in [0.15, 0.2) is 0 Å². The Hall–Kier alpha value is -3.97. The number of carbonyl (C=O) groups excluding carboxylic acids is 2. The molecule has 0 saturated carbocycles. The fourth-order valence-electron chi connectivity index (χ4n) is 4.32. The van der Waals surface area contributed by atoms with Gasteiger partial charge in [-0.05, 0) is 61.0 Å². The third-order valence-corrected chi connectivity index (χ3v) is 6.29. The molecule has 2 unspecified atom stereocenters. The largest absolute Gasteiger partial charge is 0.397 e. The third-order valence-electron chi connectivity index (χ3n) is 6.29. The Labute approximate surface area is 204 Å². The lowest BCUT2D eigenvalue weighted by atomic mass is 9.88. The molecule has 2 atom stereocenters. The quantitative estimate of drug-likeness (QED) is 0.360. The van der Waals surface area contributed by atoms with E-state index in [0.29, 0.717) is 29.2 Å². The standard InChI is InChI=1S/C28H29FN4O2/c1-18-7-13-21(15-24(18)29)31-28(35)23-17-33(2)16-22(23)20-11-8-19(9-12-20)10-14-27(34)32-26-6-4-3-5-25(26)30/h3-15,22-23H,16-17,30H2,1-2H3,(H,31,35)(H,32,34). The Morgan fingerprint density at radius 2 is 1.77 bits per heavy atom. The number of para-hydroxylation sites is 2. The average molecular weight is 473 g/mol. The van der Waals surface area contributed by atoms with Crippen LogP contribution in [0.1, 0.15) is 22.6 Å². The molecule has 0 bridgehead atoms. The number of hydrogen-bond acceptors (Lipinski definition) is 4. The highest BCUT2D eigenvalue weighted by atomic mass is 19.1. The molecule has 3 aromatic rings. The van der Waals surface area contributed by atoms with E-state index in [1.807, 2.05) is 37.4 Å². The van der Waals surface area contributed by atoms with Gasteiger partial charge in [-0.3, -0.25) is 9.59 Å². The summed E-state index contributed by atoms with van der Waals surface area (Å²) in [6.07, 6.45) is 3.19. The lowest BCUT2D eigenvalue weighted by molar-refractivity contribution is -0.119. The molecule has 4 rings (SSSR count). The van der Waals surface area contributed by atoms with Gasteiger partial charge in [0.05, 0.1) is 17.3 Å². The van der Waals surface area contributed by atoms with Crippen LogP contribution in [-0.4, -0.2) is 36.9 Å². The van der Waals surface area contributed by atoms with Crippen molar-refractivity contribution < 1.29 is 14.0 Å². The molecule has 1 aliphatic rings. The second-order valence-electron chi connectivity index (χ2n) is 8.96. The number of nitrogens with two attached hydrogens (primary N) is 1. The van der Waals surface area contributed by atoms with Crippen molar-refractivity contribution >= 4 is 35.0 Å². The van der Waals surface area contributed by atoms with Gasteiger partial charge in [-0.1, -0.05) is 42.5 Å². The Morgan fingerprint density at radius 3 is 2.49 bits per heavy atom. The van der Waals surface area contributed by atoms with Crippen molar-refractivity contribution in [2.75, 3.05) is 36.5 Å². The molecule has 35 heavy (non-hydrogen) atoms. The van der Waals surface area contributed by atoms with Gasteiger partial charge in [0.2, 0.25) is 11.8 Å². The van der Waals surface area contributed by atoms with Crippen molar-refractivity contribution in [3.63, 3.8) is 0 Å². The highest BCUT2D eigenvalue weighted by Crippen LogP contribution is 2.33. The first-order valence-electron chi connectivity index (χ1n) is 11.5. The maximum atomic E-state index is 13.9. The lowest BCUT2D eigenvalue weighted by Crippen LogP contribution is -2.28. The lowest BCUT2D eigenvalue weighted by Gasteiger charge is -2.19. The molecule has 180 valence electrons. The number of amides is 2. The summed E-state index contributed by atoms with van der Waals surface area (Å²) in [5, 5.41) is 5.63. The molecule has 0 spiro atoms. The van der Waals surface area contributed by atoms with Crippen molar-refractivity contribution in [1.82, 2.24) is 4.90 Å². The van der Waals surface area contributed by atoms with Crippen LogP contribution in [-0.2, 0) is 9.59 Å². The average Bonchev–Trinajstić information content (AvgIpc) is 3.24. The molecule has 7 heteroatoms. The van der Waals surface area contributed by atoms with E-state index in [2.05, 4.69) is 15.5 Å². The van der Waals surface area contributed by atoms with E-state index in [0.717, 1.165) is 17.7 Å². The number of hydrogen-bond donors (Lipinski definition) is 3. The molecule has 2 amide bonds. The number of benzene rings is 3. The fraction of sp³-hybridized carbons (Fsp3) is 0.214. The van der Waals surface area contributed by atoms with Gasteiger partial charge < -0.3 is 21.3 Å². The number of rotatable bonds is 6. The van der Waals surface area contributed by atoms with Gasteiger partial charge in [-0.2, -0.15) is 0 Å². The zero-order valence-corrected chi connectivity index (χ0v) is 19.8. The Bertz CT molecular complexity index is 1260. The maximum absolute atomic E-state index is 13.9. The van der Waals surface area contributed by atoms with Crippen LogP contribution in [0.5, 0.6) is 0 Å². The number of nitrogens with one attached hydrogen (secondary N) is 2. The minimum atomic E-state index is -0.340. The van der Waals surface area contributed by atoms with Crippen LogP contribution >= 0.6 is 0 Å². The van der Waals surface area contributed by atoms with Gasteiger partial charge in [0.25, 0.3) is 0 Å². The van der Waals surface area contributed by atoms with Gasteiger partial charge in [-0.15, -0.1) is 0 Å². The van der Waals surface area contributed by atoms with E-state index in [9.17, 15) is 14.0 Å². The number of likely N-dealkylation sites (N-methyl/N-ethyl adjacent to an activating group) is 1. The molecule has 1 saturated heterocycles. The SMILES string of the molecule is Cc1ccc(NC(=O)C2CN(C)CC2c2ccc(C=CC(=O)Nc3ccccc3N)cc2)cc1F. The minimum absolute atomic E-state index is 0.0117. The van der Waals surface area contributed by atoms with Crippen molar-refractivity contribution in [2.24, 2.45) is 5.92 Å². The van der Waals surface area contributed by atoms with E-state index in [1.165, 1.54) is 12.1 Å². The summed E-state index contributed by atoms with van der Waals surface area (Å²) in [7, 11) is 1.99. The number of nitrogens with zero attached hydrogens (tertiary/aromatic N) is 1. The molecule has 0 radical (unpaired) electrons. The summed E-state index contributed by atoms with van der Waals surface area (Å²) in [6.45, 7) is 3.05. The van der Waals surface area contributed by atoms with E-state index < -0.39 is 0 Å². The molecule has 3 aromatic carbocycles. The number of aryl methyl sites for hydroxylation is 1. The van der Waals surface area contributed by atoms with Gasteiger partial charge in [-0.25, -0.2) is 4.39 Å². The monoisotopic (exact) mass is 472 g/mol. The predicted octanol–water partition coefficient (Wildman–Crippen LogP) is 4.65. The number of nitrogen functional groups attached to an aromatic ring is 1. The number of anilines is 3. The Balaban J connectivity index is 1.41. The molecular formula is C28H29FN4O2. The molecule has 0 aromatic heterocycles. The first-order chi connectivity index (χ1) is 16.8. The summed E-state index contributed by atoms with van der Waals surface area (Å²) in [4.78, 5) is 27.4. The Morgan fingerprint density at radius 1 is 1.03 bits per heavy atom. The summed E-state index contributed by atoms with van der Waals surface area (Å²) in [5.41, 5.74) is 9.85. The predicted molar refractivity (Wildman–Crippen MR) is 138 cm³/mol. The van der Waals surface area contributed by atoms with Crippen LogP contribution in [0.3, 0.4) is 0 Å². The first kappa shape index (κ1) is 24.2. The highest BCUT2D eigenvalue weighted by molar-refractivity contribution is 6.03. The second-order valence-corrected chi connectivity index (χ2v) is 8.96. The van der Waals surface area contributed by atoms with Crippen LogP contribution < -0.4 is 16.4 Å². The smallest absolute Gasteiger partial charge is 0.248 e. The van der Waals surface area contributed by atoms with Gasteiger partial charge in [0, 0.05) is 30.8 Å². The van der Waals surface area contributed by atoms with Crippen molar-refractivity contribution in [3.8, 4) is 0 Å². The normalized spacial score (nSPS) is 18.0. The van der Waals surface area contributed by atoms with Gasteiger partial charge in [0.1, 0.15) is 5.82 Å².